The fourth-order valence-corrected chi connectivity index (χ4v) is 3.66. The summed E-state index contributed by atoms with van der Waals surface area (Å²) in [5.41, 5.74) is 4.85. The van der Waals surface area contributed by atoms with Crippen LogP contribution in [0.25, 0.3) is 11.1 Å². The maximum absolute atomic E-state index is 5.51. The maximum atomic E-state index is 5.51. The Labute approximate surface area is 161 Å². The molecule has 0 bridgehead atoms. The largest absolute Gasteiger partial charge is 0.495 e. The van der Waals surface area contributed by atoms with E-state index >= 15 is 0 Å². The van der Waals surface area contributed by atoms with E-state index in [-0.39, 0.29) is 0 Å². The van der Waals surface area contributed by atoms with Gasteiger partial charge in [0.2, 0.25) is 0 Å². The van der Waals surface area contributed by atoms with Gasteiger partial charge in [0.25, 0.3) is 0 Å². The van der Waals surface area contributed by atoms with Crippen molar-refractivity contribution in [2.75, 3.05) is 38.2 Å². The molecule has 0 radical (unpaired) electrons. The highest BCUT2D eigenvalue weighted by atomic mass is 16.5. The lowest BCUT2D eigenvalue weighted by molar-refractivity contribution is 0.249. The first-order chi connectivity index (χ1) is 13.3. The van der Waals surface area contributed by atoms with Gasteiger partial charge in [-0.05, 0) is 29.3 Å². The van der Waals surface area contributed by atoms with Crippen molar-refractivity contribution >= 4 is 5.69 Å². The van der Waals surface area contributed by atoms with Crippen molar-refractivity contribution < 1.29 is 4.74 Å². The van der Waals surface area contributed by atoms with Crippen molar-refractivity contribution in [2.45, 2.75) is 6.54 Å². The third-order valence-corrected chi connectivity index (χ3v) is 5.11. The molecule has 4 nitrogen and oxygen atoms in total. The molecule has 0 aliphatic carbocycles. The van der Waals surface area contributed by atoms with E-state index in [1.54, 1.807) is 7.11 Å². The van der Waals surface area contributed by atoms with Crippen LogP contribution in [0.3, 0.4) is 0 Å². The zero-order valence-electron chi connectivity index (χ0n) is 15.7. The molecule has 0 unspecified atom stereocenters. The fourth-order valence-electron chi connectivity index (χ4n) is 3.66. The first kappa shape index (κ1) is 17.6. The minimum absolute atomic E-state index is 0.938. The standard InChI is InChI=1S/C23H25N3O/c1-27-23-10-6-5-9-22(23)26-13-11-25(12-14-26)18-19-15-21(17-24-16-19)20-7-3-2-4-8-20/h2-10,15-17H,11-14,18H2,1H3. The molecule has 138 valence electrons. The van der Waals surface area contributed by atoms with Gasteiger partial charge < -0.3 is 9.64 Å². The third-order valence-electron chi connectivity index (χ3n) is 5.11. The molecule has 1 saturated heterocycles. The van der Waals surface area contributed by atoms with Crippen molar-refractivity contribution in [2.24, 2.45) is 0 Å². The van der Waals surface area contributed by atoms with Crippen molar-refractivity contribution in [3.63, 3.8) is 0 Å². The van der Waals surface area contributed by atoms with Crippen molar-refractivity contribution in [1.82, 2.24) is 9.88 Å². The molecule has 4 heteroatoms. The average Bonchev–Trinajstić information content (AvgIpc) is 2.75. The molecule has 3 aromatic rings. The van der Waals surface area contributed by atoms with Gasteiger partial charge in [-0.15, -0.1) is 0 Å². The van der Waals surface area contributed by atoms with Crippen LogP contribution in [0, 0.1) is 0 Å². The molecule has 1 aliphatic rings. The molecule has 0 spiro atoms. The Morgan fingerprint density at radius 1 is 0.852 bits per heavy atom. The molecule has 1 aliphatic heterocycles. The van der Waals surface area contributed by atoms with Crippen LogP contribution in [0.4, 0.5) is 5.69 Å². The number of piperazine rings is 1. The molecule has 0 saturated carbocycles. The van der Waals surface area contributed by atoms with Crippen molar-refractivity contribution in [3.8, 4) is 16.9 Å². The van der Waals surface area contributed by atoms with Crippen LogP contribution in [0.2, 0.25) is 0 Å². The van der Waals surface area contributed by atoms with E-state index in [0.29, 0.717) is 0 Å². The van der Waals surface area contributed by atoms with Crippen LogP contribution in [0.1, 0.15) is 5.56 Å². The summed E-state index contributed by atoms with van der Waals surface area (Å²) in [6, 6.07) is 21.0. The number of methoxy groups -OCH3 is 1. The predicted molar refractivity (Wildman–Crippen MR) is 110 cm³/mol. The van der Waals surface area contributed by atoms with Crippen LogP contribution in [-0.4, -0.2) is 43.2 Å². The number of anilines is 1. The normalized spacial score (nSPS) is 14.9. The number of ether oxygens (including phenoxy) is 1. The van der Waals surface area contributed by atoms with E-state index in [2.05, 4.69) is 57.2 Å². The molecule has 1 fully saturated rings. The van der Waals surface area contributed by atoms with Gasteiger partial charge in [-0.25, -0.2) is 0 Å². The van der Waals surface area contributed by atoms with E-state index in [9.17, 15) is 0 Å². The van der Waals surface area contributed by atoms with Crippen LogP contribution in [0.15, 0.2) is 73.1 Å². The van der Waals surface area contributed by atoms with E-state index in [1.807, 2.05) is 30.6 Å². The van der Waals surface area contributed by atoms with Gasteiger partial charge in [0.15, 0.2) is 0 Å². The second-order valence-corrected chi connectivity index (χ2v) is 6.88. The van der Waals surface area contributed by atoms with E-state index in [4.69, 9.17) is 4.74 Å². The van der Waals surface area contributed by atoms with Gasteiger partial charge in [0.1, 0.15) is 5.75 Å². The number of benzene rings is 2. The van der Waals surface area contributed by atoms with E-state index in [1.165, 1.54) is 22.4 Å². The Hall–Kier alpha value is -2.85. The first-order valence-electron chi connectivity index (χ1n) is 9.43. The van der Waals surface area contributed by atoms with Gasteiger partial charge in [0, 0.05) is 50.7 Å². The smallest absolute Gasteiger partial charge is 0.142 e. The summed E-state index contributed by atoms with van der Waals surface area (Å²) in [5, 5.41) is 0. The molecule has 0 amide bonds. The fraction of sp³-hybridized carbons (Fsp3) is 0.261. The average molecular weight is 359 g/mol. The minimum atomic E-state index is 0.938. The Balaban J connectivity index is 1.40. The van der Waals surface area contributed by atoms with E-state index in [0.717, 1.165) is 38.5 Å². The number of aromatic nitrogens is 1. The number of nitrogens with zero attached hydrogens (tertiary/aromatic N) is 3. The third kappa shape index (κ3) is 4.12. The number of pyridine rings is 1. The molecule has 4 rings (SSSR count). The Kier molecular flexibility index (Phi) is 5.35. The number of hydrogen-bond donors (Lipinski definition) is 0. The zero-order chi connectivity index (χ0) is 18.5. The Morgan fingerprint density at radius 3 is 2.37 bits per heavy atom. The highest BCUT2D eigenvalue weighted by Gasteiger charge is 2.19. The summed E-state index contributed by atoms with van der Waals surface area (Å²) in [4.78, 5) is 9.37. The quantitative estimate of drug-likeness (QED) is 0.686. The molecule has 0 atom stereocenters. The summed E-state index contributed by atoms with van der Waals surface area (Å²) >= 11 is 0. The lowest BCUT2D eigenvalue weighted by atomic mass is 10.1. The van der Waals surface area contributed by atoms with Crippen molar-refractivity contribution in [3.05, 3.63) is 78.6 Å². The van der Waals surface area contributed by atoms with Crippen LogP contribution in [-0.2, 0) is 6.54 Å². The first-order valence-corrected chi connectivity index (χ1v) is 9.43. The number of hydrogen-bond acceptors (Lipinski definition) is 4. The summed E-state index contributed by atoms with van der Waals surface area (Å²) in [5.74, 6) is 0.950. The lowest BCUT2D eigenvalue weighted by Crippen LogP contribution is -2.46. The maximum Gasteiger partial charge on any atom is 0.142 e. The van der Waals surface area contributed by atoms with E-state index < -0.39 is 0 Å². The van der Waals surface area contributed by atoms with Gasteiger partial charge in [0.05, 0.1) is 12.8 Å². The van der Waals surface area contributed by atoms with Gasteiger partial charge in [-0.2, -0.15) is 0 Å². The highest BCUT2D eigenvalue weighted by molar-refractivity contribution is 5.62. The molecular formula is C23H25N3O. The second kappa shape index (κ2) is 8.23. The molecule has 0 N–H and O–H groups in total. The monoisotopic (exact) mass is 359 g/mol. The van der Waals surface area contributed by atoms with Crippen LogP contribution in [0.5, 0.6) is 5.75 Å². The zero-order valence-corrected chi connectivity index (χ0v) is 15.7. The van der Waals surface area contributed by atoms with Crippen molar-refractivity contribution in [1.29, 1.82) is 0 Å². The van der Waals surface area contributed by atoms with Gasteiger partial charge in [-0.3, -0.25) is 9.88 Å². The Bertz CT molecular complexity index is 874. The molecule has 27 heavy (non-hydrogen) atoms. The molecule has 2 heterocycles. The summed E-state index contributed by atoms with van der Waals surface area (Å²) in [6.45, 7) is 5.02. The topological polar surface area (TPSA) is 28.6 Å². The Morgan fingerprint density at radius 2 is 1.59 bits per heavy atom. The lowest BCUT2D eigenvalue weighted by Gasteiger charge is -2.36. The van der Waals surface area contributed by atoms with Gasteiger partial charge in [-0.1, -0.05) is 42.5 Å². The summed E-state index contributed by atoms with van der Waals surface area (Å²) in [6.07, 6.45) is 3.93. The predicted octanol–water partition coefficient (Wildman–Crippen LogP) is 4.08. The summed E-state index contributed by atoms with van der Waals surface area (Å²) in [7, 11) is 1.74. The number of para-hydroxylation sites is 2. The second-order valence-electron chi connectivity index (χ2n) is 6.88. The molecule has 2 aromatic carbocycles. The highest BCUT2D eigenvalue weighted by Crippen LogP contribution is 2.28. The van der Waals surface area contributed by atoms with Gasteiger partial charge >= 0.3 is 0 Å². The summed E-state index contributed by atoms with van der Waals surface area (Å²) < 4.78 is 5.51. The van der Waals surface area contributed by atoms with Crippen LogP contribution < -0.4 is 9.64 Å². The molecular weight excluding hydrogens is 334 g/mol. The molecule has 1 aromatic heterocycles. The van der Waals surface area contributed by atoms with Crippen LogP contribution >= 0.6 is 0 Å². The SMILES string of the molecule is COc1ccccc1N1CCN(Cc2cncc(-c3ccccc3)c2)CC1. The number of rotatable bonds is 5. The minimum Gasteiger partial charge on any atom is -0.495 e.